The van der Waals surface area contributed by atoms with Crippen LogP contribution in [0.4, 0.5) is 0 Å². The number of aliphatic hydroxyl groups excluding tert-OH is 1. The lowest BCUT2D eigenvalue weighted by molar-refractivity contribution is 0.282. The number of aliphatic hydroxyl groups is 1. The molecule has 1 aromatic carbocycles. The molecule has 0 fully saturated rings. The summed E-state index contributed by atoms with van der Waals surface area (Å²) in [4.78, 5) is 4.66. The summed E-state index contributed by atoms with van der Waals surface area (Å²) in [5.74, 6) is 0. The Bertz CT molecular complexity index is 540. The number of nitrogens with one attached hydrogen (secondary N) is 1. The van der Waals surface area contributed by atoms with E-state index in [0.717, 1.165) is 24.3 Å². The van der Waals surface area contributed by atoms with E-state index in [0.29, 0.717) is 0 Å². The predicted octanol–water partition coefficient (Wildman–Crippen LogP) is 3.22. The quantitative estimate of drug-likeness (QED) is 0.888. The van der Waals surface area contributed by atoms with Gasteiger partial charge in [0.25, 0.3) is 0 Å². The summed E-state index contributed by atoms with van der Waals surface area (Å²) in [5.41, 5.74) is 3.40. The van der Waals surface area contributed by atoms with Gasteiger partial charge in [-0.3, -0.25) is 0 Å². The minimum absolute atomic E-state index is 0.0993. The van der Waals surface area contributed by atoms with Crippen LogP contribution in [-0.2, 0) is 25.1 Å². The van der Waals surface area contributed by atoms with Crippen molar-refractivity contribution >= 4 is 11.3 Å². The molecule has 0 saturated heterocycles. The van der Waals surface area contributed by atoms with Crippen molar-refractivity contribution in [2.24, 2.45) is 0 Å². The maximum atomic E-state index is 9.00. The van der Waals surface area contributed by atoms with Gasteiger partial charge >= 0.3 is 0 Å². The molecule has 0 radical (unpaired) electrons. The molecule has 1 aromatic heterocycles. The summed E-state index contributed by atoms with van der Waals surface area (Å²) in [6.45, 7) is 8.26. The fourth-order valence-corrected chi connectivity index (χ4v) is 2.74. The molecular weight excluding hydrogens is 268 g/mol. The first-order valence-corrected chi connectivity index (χ1v) is 7.71. The largest absolute Gasteiger partial charge is 0.392 e. The number of benzene rings is 1. The summed E-state index contributed by atoms with van der Waals surface area (Å²) in [6, 6.07) is 8.00. The zero-order chi connectivity index (χ0) is 14.6. The van der Waals surface area contributed by atoms with Crippen LogP contribution in [0.15, 0.2) is 29.6 Å². The van der Waals surface area contributed by atoms with Crippen molar-refractivity contribution in [1.82, 2.24) is 10.3 Å². The van der Waals surface area contributed by atoms with Crippen LogP contribution in [0.1, 0.15) is 42.6 Å². The van der Waals surface area contributed by atoms with Crippen molar-refractivity contribution in [3.63, 3.8) is 0 Å². The second-order valence-corrected chi connectivity index (χ2v) is 6.83. The first-order chi connectivity index (χ1) is 9.49. The Kier molecular flexibility index (Phi) is 4.91. The molecule has 0 unspecified atom stereocenters. The minimum Gasteiger partial charge on any atom is -0.392 e. The molecule has 0 bridgehead atoms. The van der Waals surface area contributed by atoms with Crippen LogP contribution in [0.25, 0.3) is 0 Å². The molecule has 3 nitrogen and oxygen atoms in total. The Morgan fingerprint density at radius 1 is 1.10 bits per heavy atom. The highest BCUT2D eigenvalue weighted by Crippen LogP contribution is 2.25. The molecule has 108 valence electrons. The number of hydrogen-bond acceptors (Lipinski definition) is 4. The van der Waals surface area contributed by atoms with Gasteiger partial charge in [0, 0.05) is 23.9 Å². The van der Waals surface area contributed by atoms with Crippen LogP contribution in [-0.4, -0.2) is 10.1 Å². The summed E-state index contributed by atoms with van der Waals surface area (Å²) in [6.07, 6.45) is 0. The molecule has 20 heavy (non-hydrogen) atoms. The Labute approximate surface area is 124 Å². The average molecular weight is 290 g/mol. The molecule has 0 amide bonds. The van der Waals surface area contributed by atoms with Crippen LogP contribution in [0.3, 0.4) is 0 Å². The van der Waals surface area contributed by atoms with Crippen LogP contribution in [0.2, 0.25) is 0 Å². The number of hydrogen-bond donors (Lipinski definition) is 2. The fraction of sp³-hybridized carbons (Fsp3) is 0.438. The first kappa shape index (κ1) is 15.2. The molecule has 0 aliphatic heterocycles. The number of thiazole rings is 1. The number of aromatic nitrogens is 1. The van der Waals surface area contributed by atoms with Gasteiger partial charge in [0.05, 0.1) is 17.3 Å². The van der Waals surface area contributed by atoms with Gasteiger partial charge in [-0.25, -0.2) is 4.98 Å². The van der Waals surface area contributed by atoms with Crippen molar-refractivity contribution < 1.29 is 5.11 Å². The van der Waals surface area contributed by atoms with Crippen LogP contribution in [0.5, 0.6) is 0 Å². The summed E-state index contributed by atoms with van der Waals surface area (Å²) < 4.78 is 0. The number of rotatable bonds is 5. The lowest BCUT2D eigenvalue weighted by Crippen LogP contribution is -2.14. The minimum atomic E-state index is 0.0993. The van der Waals surface area contributed by atoms with Crippen molar-refractivity contribution in [2.45, 2.75) is 45.9 Å². The van der Waals surface area contributed by atoms with Crippen molar-refractivity contribution in [3.8, 4) is 0 Å². The molecule has 0 saturated carbocycles. The van der Waals surface area contributed by atoms with Gasteiger partial charge in [-0.1, -0.05) is 45.0 Å². The molecule has 0 aliphatic carbocycles. The molecular formula is C16H22N2OS. The zero-order valence-corrected chi connectivity index (χ0v) is 13.1. The Hall–Kier alpha value is -1.23. The van der Waals surface area contributed by atoms with E-state index in [1.807, 2.05) is 24.3 Å². The van der Waals surface area contributed by atoms with Gasteiger partial charge in [0.2, 0.25) is 0 Å². The number of nitrogens with zero attached hydrogens (tertiary/aromatic N) is 1. The highest BCUT2D eigenvalue weighted by Gasteiger charge is 2.17. The second-order valence-electron chi connectivity index (χ2n) is 5.97. The standard InChI is InChI=1S/C16H22N2OS/c1-16(2,3)15-18-14(11-20-15)9-17-8-12-4-6-13(10-19)7-5-12/h4-7,11,17,19H,8-10H2,1-3H3. The van der Waals surface area contributed by atoms with Gasteiger partial charge in [-0.15, -0.1) is 11.3 Å². The highest BCUT2D eigenvalue weighted by atomic mass is 32.1. The first-order valence-electron chi connectivity index (χ1n) is 6.83. The average Bonchev–Trinajstić information content (AvgIpc) is 2.88. The predicted molar refractivity (Wildman–Crippen MR) is 83.7 cm³/mol. The smallest absolute Gasteiger partial charge is 0.0982 e. The van der Waals surface area contributed by atoms with Gasteiger partial charge in [-0.2, -0.15) is 0 Å². The Morgan fingerprint density at radius 3 is 2.30 bits per heavy atom. The fourth-order valence-electron chi connectivity index (χ4n) is 1.83. The van der Waals surface area contributed by atoms with Crippen molar-refractivity contribution in [1.29, 1.82) is 0 Å². The van der Waals surface area contributed by atoms with Gasteiger partial charge < -0.3 is 10.4 Å². The molecule has 1 heterocycles. The Morgan fingerprint density at radius 2 is 1.75 bits per heavy atom. The van der Waals surface area contributed by atoms with E-state index >= 15 is 0 Å². The van der Waals surface area contributed by atoms with E-state index in [1.54, 1.807) is 11.3 Å². The molecule has 2 aromatic rings. The SMILES string of the molecule is CC(C)(C)c1nc(CNCc2ccc(CO)cc2)cs1. The van der Waals surface area contributed by atoms with Gasteiger partial charge in [0.1, 0.15) is 0 Å². The van der Waals surface area contributed by atoms with Crippen LogP contribution in [0, 0.1) is 0 Å². The van der Waals surface area contributed by atoms with Crippen LogP contribution >= 0.6 is 11.3 Å². The molecule has 4 heteroatoms. The van der Waals surface area contributed by atoms with Gasteiger partial charge in [0.15, 0.2) is 0 Å². The van der Waals surface area contributed by atoms with Gasteiger partial charge in [-0.05, 0) is 11.1 Å². The van der Waals surface area contributed by atoms with E-state index in [1.165, 1.54) is 10.6 Å². The Balaban J connectivity index is 1.84. The highest BCUT2D eigenvalue weighted by molar-refractivity contribution is 7.09. The van der Waals surface area contributed by atoms with E-state index < -0.39 is 0 Å². The molecule has 2 N–H and O–H groups in total. The van der Waals surface area contributed by atoms with E-state index in [9.17, 15) is 0 Å². The third-order valence-electron chi connectivity index (χ3n) is 3.03. The van der Waals surface area contributed by atoms with E-state index in [4.69, 9.17) is 5.11 Å². The molecule has 0 aliphatic rings. The van der Waals surface area contributed by atoms with E-state index in [2.05, 4.69) is 36.5 Å². The molecule has 0 atom stereocenters. The third-order valence-corrected chi connectivity index (χ3v) is 4.35. The van der Waals surface area contributed by atoms with Crippen molar-refractivity contribution in [2.75, 3.05) is 0 Å². The van der Waals surface area contributed by atoms with E-state index in [-0.39, 0.29) is 12.0 Å². The lowest BCUT2D eigenvalue weighted by atomic mass is 9.98. The second kappa shape index (κ2) is 6.48. The zero-order valence-electron chi connectivity index (χ0n) is 12.3. The summed E-state index contributed by atoms with van der Waals surface area (Å²) >= 11 is 1.73. The lowest BCUT2D eigenvalue weighted by Gasteiger charge is -2.13. The summed E-state index contributed by atoms with van der Waals surface area (Å²) in [5, 5.41) is 15.7. The third kappa shape index (κ3) is 4.13. The maximum Gasteiger partial charge on any atom is 0.0982 e. The molecule has 2 rings (SSSR count). The molecule has 0 spiro atoms. The monoisotopic (exact) mass is 290 g/mol. The maximum absolute atomic E-state index is 9.00. The topological polar surface area (TPSA) is 45.2 Å². The summed E-state index contributed by atoms with van der Waals surface area (Å²) in [7, 11) is 0. The van der Waals surface area contributed by atoms with Crippen molar-refractivity contribution in [3.05, 3.63) is 51.5 Å². The normalized spacial score (nSPS) is 11.8. The van der Waals surface area contributed by atoms with Crippen LogP contribution < -0.4 is 5.32 Å².